The van der Waals surface area contributed by atoms with Crippen LogP contribution < -0.4 is 0 Å². The lowest BCUT2D eigenvalue weighted by atomic mass is 9.60. The summed E-state index contributed by atoms with van der Waals surface area (Å²) in [5.74, 6) is -2.25. The van der Waals surface area contributed by atoms with Gasteiger partial charge in [-0.3, -0.25) is 9.59 Å². The second-order valence-electron chi connectivity index (χ2n) is 12.5. The molecule has 1 unspecified atom stereocenters. The Morgan fingerprint density at radius 1 is 0.712 bits per heavy atom. The minimum Gasteiger partial charge on any atom is -0.389 e. The van der Waals surface area contributed by atoms with Crippen LogP contribution in [-0.4, -0.2) is 80.9 Å². The van der Waals surface area contributed by atoms with Gasteiger partial charge in [0.15, 0.2) is 17.7 Å². The fraction of sp³-hybridized carbons (Fsp3) is 0.220. The van der Waals surface area contributed by atoms with Gasteiger partial charge in [0.2, 0.25) is 11.4 Å². The van der Waals surface area contributed by atoms with Crippen LogP contribution in [0.3, 0.4) is 0 Å². The monoisotopic (exact) mass is 699 g/mol. The van der Waals surface area contributed by atoms with Gasteiger partial charge in [-0.15, -0.1) is 0 Å². The van der Waals surface area contributed by atoms with Gasteiger partial charge in [-0.1, -0.05) is 157 Å². The summed E-state index contributed by atoms with van der Waals surface area (Å²) in [5, 5.41) is 54.3. The third-order valence-corrected chi connectivity index (χ3v) is 9.64. The molecular formula is C41H37N3O8. The van der Waals surface area contributed by atoms with Crippen LogP contribution in [0.15, 0.2) is 157 Å². The van der Waals surface area contributed by atoms with E-state index in [4.69, 9.17) is 15.0 Å². The Bertz CT molecular complexity index is 1920. The Kier molecular flexibility index (Phi) is 10.8. The smallest absolute Gasteiger partial charge is 0.208 e. The van der Waals surface area contributed by atoms with Gasteiger partial charge >= 0.3 is 0 Å². The largest absolute Gasteiger partial charge is 0.389 e. The predicted octanol–water partition coefficient (Wildman–Crippen LogP) is 5.02. The Morgan fingerprint density at radius 2 is 1.10 bits per heavy atom. The van der Waals surface area contributed by atoms with E-state index in [1.165, 1.54) is 36.4 Å². The number of aliphatic hydroxyl groups is 4. The molecule has 0 saturated carbocycles. The van der Waals surface area contributed by atoms with Crippen LogP contribution in [0.1, 0.15) is 37.4 Å². The molecule has 0 spiro atoms. The van der Waals surface area contributed by atoms with Crippen molar-refractivity contribution in [1.82, 2.24) is 0 Å². The van der Waals surface area contributed by atoms with Gasteiger partial charge in [-0.05, 0) is 22.2 Å². The van der Waals surface area contributed by atoms with E-state index in [1.807, 2.05) is 0 Å². The number of rotatable bonds is 13. The van der Waals surface area contributed by atoms with E-state index in [-0.39, 0.29) is 17.7 Å². The Labute approximate surface area is 300 Å². The Hall–Kier alpha value is -5.49. The third kappa shape index (κ3) is 6.21. The van der Waals surface area contributed by atoms with Crippen molar-refractivity contribution < 1.29 is 39.5 Å². The molecule has 1 aliphatic rings. The van der Waals surface area contributed by atoms with Crippen LogP contribution in [0.2, 0.25) is 0 Å². The second kappa shape index (κ2) is 15.4. The van der Waals surface area contributed by atoms with E-state index in [2.05, 4.69) is 10.0 Å². The first kappa shape index (κ1) is 36.3. The topological polar surface area (TPSA) is 182 Å². The van der Waals surface area contributed by atoms with Crippen molar-refractivity contribution in [1.29, 1.82) is 0 Å². The quantitative estimate of drug-likeness (QED) is 0.0330. The molecule has 5 aromatic rings. The Balaban J connectivity index is 1.63. The number of benzene rings is 5. The highest BCUT2D eigenvalue weighted by Crippen LogP contribution is 2.50. The summed E-state index contributed by atoms with van der Waals surface area (Å²) >= 11 is 0. The van der Waals surface area contributed by atoms with Gasteiger partial charge in [0, 0.05) is 22.6 Å². The molecule has 52 heavy (non-hydrogen) atoms. The highest BCUT2D eigenvalue weighted by Gasteiger charge is 2.72. The van der Waals surface area contributed by atoms with Crippen molar-refractivity contribution in [3.63, 3.8) is 0 Å². The molecule has 264 valence electrons. The third-order valence-electron chi connectivity index (χ3n) is 9.64. The number of carbonyl (C=O) groups is 2. The van der Waals surface area contributed by atoms with Crippen molar-refractivity contribution in [2.24, 2.45) is 5.11 Å². The van der Waals surface area contributed by atoms with Gasteiger partial charge in [0.25, 0.3) is 0 Å². The summed E-state index contributed by atoms with van der Waals surface area (Å²) in [6.07, 6.45) is -8.73. The number of azide groups is 1. The molecular weight excluding hydrogens is 662 g/mol. The van der Waals surface area contributed by atoms with Crippen LogP contribution in [0.4, 0.5) is 0 Å². The van der Waals surface area contributed by atoms with Gasteiger partial charge in [0.1, 0.15) is 18.3 Å². The molecule has 0 radical (unpaired) electrons. The molecule has 6 rings (SSSR count). The van der Waals surface area contributed by atoms with Crippen LogP contribution in [0.25, 0.3) is 10.4 Å². The average molecular weight is 700 g/mol. The zero-order chi connectivity index (χ0) is 36.8. The number of hydrogen-bond acceptors (Lipinski definition) is 9. The maximum Gasteiger partial charge on any atom is 0.208 e. The van der Waals surface area contributed by atoms with Gasteiger partial charge in [-0.25, -0.2) is 0 Å². The van der Waals surface area contributed by atoms with E-state index >= 15 is 0 Å². The summed E-state index contributed by atoms with van der Waals surface area (Å²) in [6.45, 7) is -0.661. The zero-order valence-electron chi connectivity index (χ0n) is 27.9. The van der Waals surface area contributed by atoms with Crippen LogP contribution in [0, 0.1) is 0 Å². The van der Waals surface area contributed by atoms with E-state index < -0.39 is 59.4 Å². The first-order valence-corrected chi connectivity index (χ1v) is 16.7. The van der Waals surface area contributed by atoms with Gasteiger partial charge in [-0.2, -0.15) is 0 Å². The number of ether oxygens (including phenoxy) is 2. The molecule has 11 nitrogen and oxygen atoms in total. The summed E-state index contributed by atoms with van der Waals surface area (Å²) < 4.78 is 12.2. The molecule has 0 aromatic heterocycles. The summed E-state index contributed by atoms with van der Waals surface area (Å²) in [7, 11) is 0. The zero-order valence-corrected chi connectivity index (χ0v) is 27.9. The van der Waals surface area contributed by atoms with Crippen molar-refractivity contribution in [3.8, 4) is 0 Å². The second-order valence-corrected chi connectivity index (χ2v) is 12.5. The van der Waals surface area contributed by atoms with Crippen LogP contribution >= 0.6 is 0 Å². The molecule has 0 bridgehead atoms. The molecule has 1 fully saturated rings. The fourth-order valence-corrected chi connectivity index (χ4v) is 7.16. The molecule has 1 aliphatic heterocycles. The van der Waals surface area contributed by atoms with E-state index in [0.29, 0.717) is 16.7 Å². The summed E-state index contributed by atoms with van der Waals surface area (Å²) in [6, 6.07) is 41.8. The highest BCUT2D eigenvalue weighted by atomic mass is 16.7. The minimum absolute atomic E-state index is 0.0861. The molecule has 6 atom stereocenters. The molecule has 4 N–H and O–H groups in total. The number of carbonyl (C=O) groups excluding carboxylic acids is 2. The maximum absolute atomic E-state index is 14.7. The number of aliphatic hydroxyl groups excluding tert-OH is 2. The summed E-state index contributed by atoms with van der Waals surface area (Å²) in [5.41, 5.74) is 2.40. The normalized spacial score (nSPS) is 23.6. The van der Waals surface area contributed by atoms with E-state index in [0.717, 1.165) is 0 Å². The number of Topliss-reactive ketones (excluding diaryl/α,β-unsaturated/α-hetero) is 2. The maximum atomic E-state index is 14.7. The standard InChI is InChI=1S/C41H37N3O8/c42-44-43-26-27-51-38-41(50,34(46)29-18-8-2-9-19-29)37(48)40(49,33(45)28-16-6-1-7-17-28)36(52-38)35(47)39(30-20-10-3-11-21-30,31-22-12-4-13-23-31)32-24-14-5-15-25-32/h1-25,35-38,47-50H,26-27H2/t35?,36-,37+,38+,40-,41+/m1/s1. The molecule has 0 aliphatic carbocycles. The lowest BCUT2D eigenvalue weighted by Gasteiger charge is -2.55. The van der Waals surface area contributed by atoms with Crippen molar-refractivity contribution in [3.05, 3.63) is 190 Å². The van der Waals surface area contributed by atoms with Gasteiger partial charge < -0.3 is 29.9 Å². The van der Waals surface area contributed by atoms with Crippen molar-refractivity contribution >= 4 is 11.6 Å². The van der Waals surface area contributed by atoms with Crippen molar-refractivity contribution in [2.45, 2.75) is 41.2 Å². The highest BCUT2D eigenvalue weighted by molar-refractivity contribution is 6.07. The lowest BCUT2D eigenvalue weighted by Crippen LogP contribution is -2.80. The number of hydrogen-bond donors (Lipinski definition) is 4. The van der Waals surface area contributed by atoms with Crippen LogP contribution in [-0.2, 0) is 14.9 Å². The van der Waals surface area contributed by atoms with E-state index in [9.17, 15) is 30.0 Å². The number of ketones is 2. The predicted molar refractivity (Wildman–Crippen MR) is 191 cm³/mol. The van der Waals surface area contributed by atoms with Gasteiger partial charge in [0.05, 0.1) is 12.0 Å². The molecule has 11 heteroatoms. The molecule has 1 saturated heterocycles. The fourth-order valence-electron chi connectivity index (χ4n) is 7.16. The van der Waals surface area contributed by atoms with Crippen LogP contribution in [0.5, 0.6) is 0 Å². The van der Waals surface area contributed by atoms with E-state index in [1.54, 1.807) is 115 Å². The summed E-state index contributed by atoms with van der Waals surface area (Å²) in [4.78, 5) is 31.7. The molecule has 5 aromatic carbocycles. The SMILES string of the molecule is [N-]=[N+]=NCCO[C@H]1O[C@H](C(O)C(c2ccccc2)(c2ccccc2)c2ccccc2)[C@](O)(C(=O)c2ccccc2)[C@H](O)[C@@]1(O)C(=O)c1ccccc1. The minimum atomic E-state index is -3.19. The molecule has 1 heterocycles. The molecule has 0 amide bonds. The Morgan fingerprint density at radius 3 is 1.50 bits per heavy atom. The van der Waals surface area contributed by atoms with Crippen molar-refractivity contribution in [2.75, 3.05) is 13.2 Å². The average Bonchev–Trinajstić information content (AvgIpc) is 3.21. The lowest BCUT2D eigenvalue weighted by molar-refractivity contribution is -0.349. The first-order chi connectivity index (χ1) is 25.2. The number of nitrogens with zero attached hydrogens (tertiary/aromatic N) is 3. The first-order valence-electron chi connectivity index (χ1n) is 16.7.